The molecule has 0 aliphatic carbocycles. The number of halogens is 1. The zero-order chi connectivity index (χ0) is 26.8. The fraction of sp³-hybridized carbons (Fsp3) is 0.0357. The molecule has 0 spiro atoms. The summed E-state index contributed by atoms with van der Waals surface area (Å²) in [4.78, 5) is 36.4. The maximum absolute atomic E-state index is 13.9. The zero-order valence-corrected chi connectivity index (χ0v) is 22.5. The number of hydrogen-bond acceptors (Lipinski definition) is 8. The summed E-state index contributed by atoms with van der Waals surface area (Å²) in [6.45, 7) is 0. The lowest BCUT2D eigenvalue weighted by atomic mass is 10.1. The van der Waals surface area contributed by atoms with Gasteiger partial charge >= 0.3 is 0 Å². The summed E-state index contributed by atoms with van der Waals surface area (Å²) in [6, 6.07) is 24.7. The molecule has 0 saturated carbocycles. The summed E-state index contributed by atoms with van der Waals surface area (Å²) in [6.07, 6.45) is 0. The topological polar surface area (TPSA) is 89.8 Å². The van der Waals surface area contributed by atoms with Crippen LogP contribution in [0, 0.1) is 5.82 Å². The molecule has 3 heterocycles. The number of fused-ring (bicyclic) bond motifs is 1. The Morgan fingerprint density at radius 3 is 2.38 bits per heavy atom. The molecule has 0 aliphatic heterocycles. The van der Waals surface area contributed by atoms with Crippen molar-refractivity contribution in [3.8, 4) is 28.2 Å². The number of carbonyl (C=O) groups is 1. The summed E-state index contributed by atoms with van der Waals surface area (Å²) >= 11 is 3.60. The number of thiophene rings is 1. The van der Waals surface area contributed by atoms with Gasteiger partial charge in [-0.2, -0.15) is 9.36 Å². The van der Waals surface area contributed by atoms with Crippen molar-refractivity contribution in [3.63, 3.8) is 0 Å². The predicted molar refractivity (Wildman–Crippen MR) is 155 cm³/mol. The van der Waals surface area contributed by atoms with E-state index in [9.17, 15) is 14.0 Å². The van der Waals surface area contributed by atoms with Crippen LogP contribution in [0.15, 0.2) is 100 Å². The number of amides is 1. The average molecular weight is 572 g/mol. The first-order chi connectivity index (χ1) is 19.1. The fourth-order valence-corrected chi connectivity index (χ4v) is 6.39. The van der Waals surface area contributed by atoms with E-state index in [2.05, 4.69) is 14.7 Å². The van der Waals surface area contributed by atoms with Crippen molar-refractivity contribution in [3.05, 3.63) is 106 Å². The first kappa shape index (κ1) is 25.1. The Hall–Kier alpha value is -4.19. The lowest BCUT2D eigenvalue weighted by molar-refractivity contribution is -0.113. The maximum atomic E-state index is 13.9. The number of nitrogens with one attached hydrogen (secondary N) is 1. The van der Waals surface area contributed by atoms with Crippen LogP contribution in [0.5, 0.6) is 0 Å². The van der Waals surface area contributed by atoms with Crippen LogP contribution in [0.4, 0.5) is 9.52 Å². The summed E-state index contributed by atoms with van der Waals surface area (Å²) in [7, 11) is 0. The molecule has 192 valence electrons. The molecule has 0 atom stereocenters. The monoisotopic (exact) mass is 571 g/mol. The first-order valence-electron chi connectivity index (χ1n) is 11.7. The van der Waals surface area contributed by atoms with Gasteiger partial charge < -0.3 is 0 Å². The van der Waals surface area contributed by atoms with Crippen molar-refractivity contribution in [2.75, 3.05) is 11.1 Å². The van der Waals surface area contributed by atoms with Gasteiger partial charge in [0.05, 0.1) is 16.8 Å². The number of benzene rings is 3. The van der Waals surface area contributed by atoms with Gasteiger partial charge in [0.2, 0.25) is 11.0 Å². The predicted octanol–water partition coefficient (Wildman–Crippen LogP) is 6.50. The maximum Gasteiger partial charge on any atom is 0.268 e. The highest BCUT2D eigenvalue weighted by Crippen LogP contribution is 2.33. The van der Waals surface area contributed by atoms with E-state index in [1.165, 1.54) is 28.0 Å². The molecule has 6 aromatic rings. The number of carbonyl (C=O) groups excluding carboxylic acids is 1. The van der Waals surface area contributed by atoms with Gasteiger partial charge in [-0.25, -0.2) is 9.37 Å². The Balaban J connectivity index is 1.30. The number of rotatable bonds is 7. The SMILES string of the molecule is O=C(CSc1nc2scc(-c3ccc(F)cc3)c2c(=O)n1-c1ccccc1)Nc1nc(-c2ccccc2)ns1. The molecule has 1 amide bonds. The van der Waals surface area contributed by atoms with E-state index in [0.717, 1.165) is 34.4 Å². The first-order valence-corrected chi connectivity index (χ1v) is 14.4. The number of aromatic nitrogens is 4. The lowest BCUT2D eigenvalue weighted by Crippen LogP contribution is -2.22. The second-order valence-electron chi connectivity index (χ2n) is 8.33. The minimum atomic E-state index is -0.347. The Labute approximate surface area is 234 Å². The molecule has 3 aromatic carbocycles. The van der Waals surface area contributed by atoms with E-state index in [-0.39, 0.29) is 23.0 Å². The highest BCUT2D eigenvalue weighted by Gasteiger charge is 2.20. The largest absolute Gasteiger partial charge is 0.300 e. The summed E-state index contributed by atoms with van der Waals surface area (Å²) < 4.78 is 19.3. The minimum absolute atomic E-state index is 0.0151. The van der Waals surface area contributed by atoms with Crippen molar-refractivity contribution in [2.24, 2.45) is 0 Å². The quantitative estimate of drug-likeness (QED) is 0.174. The molecule has 11 heteroatoms. The number of para-hydroxylation sites is 1. The fourth-order valence-electron chi connectivity index (χ4n) is 3.98. The summed E-state index contributed by atoms with van der Waals surface area (Å²) in [5.74, 6) is -0.0765. The molecule has 3 aromatic heterocycles. The molecule has 6 rings (SSSR count). The van der Waals surface area contributed by atoms with Crippen LogP contribution in [-0.4, -0.2) is 30.6 Å². The second kappa shape index (κ2) is 10.9. The van der Waals surface area contributed by atoms with Gasteiger partial charge in [-0.3, -0.25) is 19.5 Å². The molecule has 7 nitrogen and oxygen atoms in total. The van der Waals surface area contributed by atoms with Gasteiger partial charge in [-0.1, -0.05) is 72.4 Å². The van der Waals surface area contributed by atoms with Gasteiger partial charge in [0, 0.05) is 28.0 Å². The molecular weight excluding hydrogens is 554 g/mol. The molecule has 0 bridgehead atoms. The van der Waals surface area contributed by atoms with Gasteiger partial charge in [-0.05, 0) is 29.8 Å². The number of anilines is 1. The molecule has 0 unspecified atom stereocenters. The van der Waals surface area contributed by atoms with Crippen LogP contribution >= 0.6 is 34.6 Å². The third-order valence-electron chi connectivity index (χ3n) is 5.78. The normalized spacial score (nSPS) is 11.1. The third-order valence-corrected chi connectivity index (χ3v) is 8.22. The summed E-state index contributed by atoms with van der Waals surface area (Å²) in [5, 5.41) is 5.87. The molecule has 39 heavy (non-hydrogen) atoms. The lowest BCUT2D eigenvalue weighted by Gasteiger charge is -2.12. The van der Waals surface area contributed by atoms with Crippen molar-refractivity contribution in [1.82, 2.24) is 18.9 Å². The van der Waals surface area contributed by atoms with E-state index in [4.69, 9.17) is 4.98 Å². The highest BCUT2D eigenvalue weighted by atomic mass is 32.2. The standard InChI is InChI=1S/C28H18FN5O2S3/c29-19-13-11-17(12-14-19)21-15-37-25-23(21)26(36)34(20-9-5-2-6-10-20)28(32-25)38-16-22(35)30-27-31-24(33-39-27)18-7-3-1-4-8-18/h1-15H,16H2,(H,30,31,33,35). The van der Waals surface area contributed by atoms with Gasteiger partial charge in [0.15, 0.2) is 11.0 Å². The van der Waals surface area contributed by atoms with Crippen LogP contribution < -0.4 is 10.9 Å². The van der Waals surface area contributed by atoms with E-state index in [1.54, 1.807) is 12.1 Å². The van der Waals surface area contributed by atoms with Crippen LogP contribution in [0.3, 0.4) is 0 Å². The highest BCUT2D eigenvalue weighted by molar-refractivity contribution is 7.99. The van der Waals surface area contributed by atoms with Crippen LogP contribution in [0.2, 0.25) is 0 Å². The van der Waals surface area contributed by atoms with Gasteiger partial charge in [0.1, 0.15) is 10.6 Å². The van der Waals surface area contributed by atoms with Gasteiger partial charge in [0.25, 0.3) is 5.56 Å². The Kier molecular flexibility index (Phi) is 7.01. The third kappa shape index (κ3) is 5.24. The van der Waals surface area contributed by atoms with Crippen molar-refractivity contribution in [2.45, 2.75) is 5.16 Å². The number of thioether (sulfide) groups is 1. The van der Waals surface area contributed by atoms with Gasteiger partial charge in [-0.15, -0.1) is 11.3 Å². The van der Waals surface area contributed by atoms with Crippen molar-refractivity contribution < 1.29 is 9.18 Å². The number of hydrogen-bond donors (Lipinski definition) is 1. The van der Waals surface area contributed by atoms with Crippen molar-refractivity contribution >= 4 is 55.9 Å². The molecule has 0 fully saturated rings. The molecule has 0 radical (unpaired) electrons. The second-order valence-corrected chi connectivity index (χ2v) is 10.9. The Morgan fingerprint density at radius 1 is 0.923 bits per heavy atom. The average Bonchev–Trinajstić information content (AvgIpc) is 3.61. The Bertz CT molecular complexity index is 1840. The van der Waals surface area contributed by atoms with E-state index in [1.807, 2.05) is 66.0 Å². The zero-order valence-electron chi connectivity index (χ0n) is 20.1. The number of nitrogens with zero attached hydrogens (tertiary/aromatic N) is 4. The molecular formula is C28H18FN5O2S3. The van der Waals surface area contributed by atoms with Crippen molar-refractivity contribution in [1.29, 1.82) is 0 Å². The van der Waals surface area contributed by atoms with E-state index < -0.39 is 0 Å². The van der Waals surface area contributed by atoms with Crippen LogP contribution in [-0.2, 0) is 4.79 Å². The molecule has 1 N–H and O–H groups in total. The van der Waals surface area contributed by atoms with E-state index in [0.29, 0.717) is 37.6 Å². The molecule has 0 aliphatic rings. The minimum Gasteiger partial charge on any atom is -0.300 e. The van der Waals surface area contributed by atoms with Crippen LogP contribution in [0.1, 0.15) is 0 Å². The molecule has 0 saturated heterocycles. The smallest absolute Gasteiger partial charge is 0.268 e. The van der Waals surface area contributed by atoms with E-state index >= 15 is 0 Å². The summed E-state index contributed by atoms with van der Waals surface area (Å²) in [5.41, 5.74) is 2.66. The Morgan fingerprint density at radius 2 is 1.64 bits per heavy atom. The van der Waals surface area contributed by atoms with Crippen LogP contribution in [0.25, 0.3) is 38.4 Å².